The van der Waals surface area contributed by atoms with Gasteiger partial charge in [0.05, 0.1) is 0 Å². The Hall–Kier alpha value is -1.84. The van der Waals surface area contributed by atoms with Crippen LogP contribution in [0.15, 0.2) is 30.6 Å². The van der Waals surface area contributed by atoms with Crippen LogP contribution in [0, 0.1) is 5.92 Å². The third-order valence-electron chi connectivity index (χ3n) is 3.38. The van der Waals surface area contributed by atoms with Gasteiger partial charge in [0.2, 0.25) is 0 Å². The molecule has 0 aliphatic carbocycles. The van der Waals surface area contributed by atoms with Gasteiger partial charge in [0.25, 0.3) is 0 Å². The maximum Gasteiger partial charge on any atom is 0.138 e. The molecule has 1 unspecified atom stereocenters. The molecule has 2 heterocycles. The van der Waals surface area contributed by atoms with Gasteiger partial charge in [-0.05, 0) is 24.0 Å². The van der Waals surface area contributed by atoms with Crippen LogP contribution in [0.4, 0.5) is 5.69 Å². The summed E-state index contributed by atoms with van der Waals surface area (Å²) in [5.41, 5.74) is 2.69. The lowest BCUT2D eigenvalue weighted by Gasteiger charge is -2.25. The van der Waals surface area contributed by atoms with Crippen molar-refractivity contribution in [2.24, 2.45) is 13.0 Å². The van der Waals surface area contributed by atoms with Crippen molar-refractivity contribution >= 4 is 5.69 Å². The highest BCUT2D eigenvalue weighted by molar-refractivity contribution is 5.53. The lowest BCUT2D eigenvalue weighted by Crippen LogP contribution is -2.25. The third-order valence-corrected chi connectivity index (χ3v) is 3.38. The smallest absolute Gasteiger partial charge is 0.138 e. The number of hydrogen-bond acceptors (Lipinski definition) is 3. The largest absolute Gasteiger partial charge is 0.385 e. The number of aromatic nitrogens is 3. The molecule has 2 aromatic rings. The fraction of sp³-hybridized carbons (Fsp3) is 0.385. The Morgan fingerprint density at radius 2 is 2.29 bits per heavy atom. The topological polar surface area (TPSA) is 42.7 Å². The first-order valence-electron chi connectivity index (χ1n) is 5.97. The molecule has 17 heavy (non-hydrogen) atoms. The van der Waals surface area contributed by atoms with E-state index in [2.05, 4.69) is 39.7 Å². The second-order valence-electron chi connectivity index (χ2n) is 4.61. The van der Waals surface area contributed by atoms with E-state index in [0.29, 0.717) is 5.92 Å². The van der Waals surface area contributed by atoms with Crippen LogP contribution < -0.4 is 5.32 Å². The molecule has 1 aliphatic rings. The average Bonchev–Trinajstić information content (AvgIpc) is 2.75. The Kier molecular flexibility index (Phi) is 2.55. The van der Waals surface area contributed by atoms with Gasteiger partial charge in [-0.3, -0.25) is 4.68 Å². The van der Waals surface area contributed by atoms with Gasteiger partial charge in [0.15, 0.2) is 0 Å². The van der Waals surface area contributed by atoms with Crippen LogP contribution in [-0.2, 0) is 19.9 Å². The van der Waals surface area contributed by atoms with Crippen molar-refractivity contribution < 1.29 is 0 Å². The van der Waals surface area contributed by atoms with Gasteiger partial charge in [-0.1, -0.05) is 18.2 Å². The Morgan fingerprint density at radius 3 is 3.12 bits per heavy atom. The Morgan fingerprint density at radius 1 is 1.41 bits per heavy atom. The lowest BCUT2D eigenvalue weighted by molar-refractivity contribution is 0.505. The first-order valence-corrected chi connectivity index (χ1v) is 5.97. The van der Waals surface area contributed by atoms with Crippen molar-refractivity contribution in [2.75, 3.05) is 11.9 Å². The fourth-order valence-electron chi connectivity index (χ4n) is 2.42. The molecule has 4 nitrogen and oxygen atoms in total. The molecule has 0 spiro atoms. The van der Waals surface area contributed by atoms with Crippen molar-refractivity contribution in [2.45, 2.75) is 12.8 Å². The molecule has 1 aromatic carbocycles. The van der Waals surface area contributed by atoms with E-state index in [0.717, 1.165) is 25.2 Å². The molecule has 3 rings (SSSR count). The number of hydrogen-bond donors (Lipinski definition) is 1. The quantitative estimate of drug-likeness (QED) is 0.849. The van der Waals surface area contributed by atoms with E-state index in [-0.39, 0.29) is 0 Å². The summed E-state index contributed by atoms with van der Waals surface area (Å²) in [6.45, 7) is 1.02. The van der Waals surface area contributed by atoms with Crippen LogP contribution in [0.2, 0.25) is 0 Å². The molecule has 0 fully saturated rings. The summed E-state index contributed by atoms with van der Waals surface area (Å²) in [5.74, 6) is 1.67. The van der Waals surface area contributed by atoms with Crippen LogP contribution in [0.25, 0.3) is 0 Å². The molecule has 1 atom stereocenters. The van der Waals surface area contributed by atoms with Crippen LogP contribution >= 0.6 is 0 Å². The Labute approximate surface area is 101 Å². The van der Waals surface area contributed by atoms with E-state index in [1.165, 1.54) is 11.3 Å². The van der Waals surface area contributed by atoms with Gasteiger partial charge in [-0.15, -0.1) is 0 Å². The lowest BCUT2D eigenvalue weighted by atomic mass is 9.91. The van der Waals surface area contributed by atoms with Crippen LogP contribution in [0.3, 0.4) is 0 Å². The summed E-state index contributed by atoms with van der Waals surface area (Å²) >= 11 is 0. The van der Waals surface area contributed by atoms with Gasteiger partial charge in [0.1, 0.15) is 12.2 Å². The molecule has 0 saturated heterocycles. The molecular weight excluding hydrogens is 212 g/mol. The standard InChI is InChI=1S/C13H16N4/c1-17-13(15-9-16-17)7-10-6-11-4-2-3-5-12(11)14-8-10/h2-5,9-10,14H,6-8H2,1H3. The molecule has 88 valence electrons. The van der Waals surface area contributed by atoms with Crippen LogP contribution in [-0.4, -0.2) is 21.3 Å². The van der Waals surface area contributed by atoms with Crippen molar-refractivity contribution in [3.05, 3.63) is 42.0 Å². The van der Waals surface area contributed by atoms with E-state index >= 15 is 0 Å². The molecule has 0 amide bonds. The van der Waals surface area contributed by atoms with Crippen molar-refractivity contribution in [3.8, 4) is 0 Å². The molecule has 4 heteroatoms. The summed E-state index contributed by atoms with van der Waals surface area (Å²) in [7, 11) is 1.95. The Bertz CT molecular complexity index is 518. The van der Waals surface area contributed by atoms with Gasteiger partial charge in [0, 0.05) is 25.7 Å². The zero-order valence-electron chi connectivity index (χ0n) is 9.93. The molecule has 0 bridgehead atoms. The summed E-state index contributed by atoms with van der Waals surface area (Å²) in [5, 5.41) is 7.60. The number of anilines is 1. The number of para-hydroxylation sites is 1. The third kappa shape index (κ3) is 2.02. The first kappa shape index (κ1) is 10.3. The SMILES string of the molecule is Cn1ncnc1CC1CNc2ccccc2C1. The van der Waals surface area contributed by atoms with E-state index in [1.807, 2.05) is 11.7 Å². The second-order valence-corrected chi connectivity index (χ2v) is 4.61. The normalized spacial score (nSPS) is 18.5. The summed E-state index contributed by atoms with van der Waals surface area (Å²) in [6.07, 6.45) is 3.73. The van der Waals surface area contributed by atoms with Crippen LogP contribution in [0.5, 0.6) is 0 Å². The van der Waals surface area contributed by atoms with Gasteiger partial charge < -0.3 is 5.32 Å². The van der Waals surface area contributed by atoms with Gasteiger partial charge >= 0.3 is 0 Å². The van der Waals surface area contributed by atoms with E-state index in [4.69, 9.17) is 0 Å². The number of nitrogens with zero attached hydrogens (tertiary/aromatic N) is 3. The zero-order valence-corrected chi connectivity index (χ0v) is 9.93. The number of fused-ring (bicyclic) bond motifs is 1. The minimum absolute atomic E-state index is 0.604. The predicted octanol–water partition coefficient (Wildman–Crippen LogP) is 1.64. The Balaban J connectivity index is 1.74. The minimum atomic E-state index is 0.604. The summed E-state index contributed by atoms with van der Waals surface area (Å²) < 4.78 is 1.86. The maximum atomic E-state index is 4.29. The average molecular weight is 228 g/mol. The van der Waals surface area contributed by atoms with Crippen molar-refractivity contribution in [1.29, 1.82) is 0 Å². The predicted molar refractivity (Wildman–Crippen MR) is 66.8 cm³/mol. The van der Waals surface area contributed by atoms with Gasteiger partial charge in [-0.2, -0.15) is 5.10 Å². The highest BCUT2D eigenvalue weighted by Crippen LogP contribution is 2.25. The molecule has 1 aromatic heterocycles. The maximum absolute atomic E-state index is 4.29. The molecule has 0 saturated carbocycles. The molecule has 1 aliphatic heterocycles. The molecule has 0 radical (unpaired) electrons. The van der Waals surface area contributed by atoms with E-state index in [9.17, 15) is 0 Å². The minimum Gasteiger partial charge on any atom is -0.385 e. The first-order chi connectivity index (χ1) is 8.33. The van der Waals surface area contributed by atoms with Crippen molar-refractivity contribution in [3.63, 3.8) is 0 Å². The highest BCUT2D eigenvalue weighted by Gasteiger charge is 2.19. The zero-order chi connectivity index (χ0) is 11.7. The summed E-state index contributed by atoms with van der Waals surface area (Å²) in [6, 6.07) is 8.53. The molecular formula is C13H16N4. The van der Waals surface area contributed by atoms with E-state index < -0.39 is 0 Å². The van der Waals surface area contributed by atoms with Gasteiger partial charge in [-0.25, -0.2) is 4.98 Å². The van der Waals surface area contributed by atoms with Crippen molar-refractivity contribution in [1.82, 2.24) is 14.8 Å². The van der Waals surface area contributed by atoms with E-state index in [1.54, 1.807) is 6.33 Å². The van der Waals surface area contributed by atoms with Crippen LogP contribution in [0.1, 0.15) is 11.4 Å². The fourth-order valence-corrected chi connectivity index (χ4v) is 2.42. The highest BCUT2D eigenvalue weighted by atomic mass is 15.3. The monoisotopic (exact) mass is 228 g/mol. The summed E-state index contributed by atoms with van der Waals surface area (Å²) in [4.78, 5) is 4.29. The number of rotatable bonds is 2. The number of nitrogens with one attached hydrogen (secondary N) is 1. The second kappa shape index (κ2) is 4.20. The number of benzene rings is 1. The molecule has 1 N–H and O–H groups in total. The number of aryl methyl sites for hydroxylation is 1.